The minimum Gasteiger partial charge on any atom is -0.483 e. The third-order valence-electron chi connectivity index (χ3n) is 3.31. The Morgan fingerprint density at radius 2 is 2.10 bits per heavy atom. The average molecular weight is 342 g/mol. The van der Waals surface area contributed by atoms with E-state index in [2.05, 4.69) is 29.8 Å². The van der Waals surface area contributed by atoms with Crippen molar-refractivity contribution in [3.8, 4) is 5.75 Å². The summed E-state index contributed by atoms with van der Waals surface area (Å²) in [4.78, 5) is 13.8. The largest absolute Gasteiger partial charge is 0.483 e. The Kier molecular flexibility index (Phi) is 5.43. The lowest BCUT2D eigenvalue weighted by molar-refractivity contribution is -0.137. The van der Waals surface area contributed by atoms with Gasteiger partial charge in [0, 0.05) is 17.6 Å². The maximum Gasteiger partial charge on any atom is 0.260 e. The van der Waals surface area contributed by atoms with Gasteiger partial charge in [-0.15, -0.1) is 0 Å². The van der Waals surface area contributed by atoms with Crippen LogP contribution in [0.3, 0.4) is 0 Å². The topological polar surface area (TPSA) is 38.8 Å². The molecule has 1 heterocycles. The standard InChI is InChI=1S/C15H20BrNO3/c1-11(2)13-9-12(16)3-4-14(13)20-10-15(18)17-5-7-19-8-6-17/h3-4,9,11H,5-8,10H2,1-2H3. The number of halogens is 1. The van der Waals surface area contributed by atoms with Crippen LogP contribution in [0.15, 0.2) is 22.7 Å². The maximum absolute atomic E-state index is 12.1. The number of hydrogen-bond acceptors (Lipinski definition) is 3. The number of carbonyl (C=O) groups is 1. The number of ether oxygens (including phenoxy) is 2. The summed E-state index contributed by atoms with van der Waals surface area (Å²) >= 11 is 3.46. The lowest BCUT2D eigenvalue weighted by atomic mass is 10.0. The minimum atomic E-state index is 0.0194. The van der Waals surface area contributed by atoms with E-state index in [0.717, 1.165) is 15.8 Å². The van der Waals surface area contributed by atoms with Crippen LogP contribution in [0.2, 0.25) is 0 Å². The molecule has 1 aromatic carbocycles. The summed E-state index contributed by atoms with van der Waals surface area (Å²) in [5, 5.41) is 0. The van der Waals surface area contributed by atoms with Gasteiger partial charge >= 0.3 is 0 Å². The smallest absolute Gasteiger partial charge is 0.260 e. The van der Waals surface area contributed by atoms with Gasteiger partial charge in [0.25, 0.3) is 5.91 Å². The Balaban J connectivity index is 1.98. The van der Waals surface area contributed by atoms with Crippen LogP contribution in [0.5, 0.6) is 5.75 Å². The number of rotatable bonds is 4. The molecule has 0 radical (unpaired) electrons. The Bertz CT molecular complexity index is 470. The van der Waals surface area contributed by atoms with Crippen molar-refractivity contribution in [1.29, 1.82) is 0 Å². The summed E-state index contributed by atoms with van der Waals surface area (Å²) in [7, 11) is 0. The molecule has 0 unspecified atom stereocenters. The number of amides is 1. The molecule has 0 bridgehead atoms. The zero-order valence-electron chi connectivity index (χ0n) is 11.9. The second kappa shape index (κ2) is 7.09. The monoisotopic (exact) mass is 341 g/mol. The number of nitrogens with zero attached hydrogens (tertiary/aromatic N) is 1. The van der Waals surface area contributed by atoms with Gasteiger partial charge in [-0.05, 0) is 29.7 Å². The van der Waals surface area contributed by atoms with Crippen molar-refractivity contribution in [3.63, 3.8) is 0 Å². The van der Waals surface area contributed by atoms with Gasteiger partial charge in [-0.25, -0.2) is 0 Å². The van der Waals surface area contributed by atoms with Gasteiger partial charge in [-0.2, -0.15) is 0 Å². The van der Waals surface area contributed by atoms with Crippen molar-refractivity contribution < 1.29 is 14.3 Å². The second-order valence-electron chi connectivity index (χ2n) is 5.12. The molecule has 0 saturated carbocycles. The summed E-state index contributed by atoms with van der Waals surface area (Å²) in [6, 6.07) is 5.88. The van der Waals surface area contributed by atoms with E-state index in [4.69, 9.17) is 9.47 Å². The maximum atomic E-state index is 12.1. The van der Waals surface area contributed by atoms with Crippen LogP contribution >= 0.6 is 15.9 Å². The van der Waals surface area contributed by atoms with Crippen LogP contribution in [0.25, 0.3) is 0 Å². The predicted octanol–water partition coefficient (Wildman–Crippen LogP) is 2.81. The highest BCUT2D eigenvalue weighted by Gasteiger charge is 2.18. The summed E-state index contributed by atoms with van der Waals surface area (Å²) < 4.78 is 12.0. The SMILES string of the molecule is CC(C)c1cc(Br)ccc1OCC(=O)N1CCOCC1. The first-order valence-electron chi connectivity index (χ1n) is 6.85. The lowest BCUT2D eigenvalue weighted by Gasteiger charge is -2.27. The van der Waals surface area contributed by atoms with E-state index in [-0.39, 0.29) is 12.5 Å². The number of morpholine rings is 1. The van der Waals surface area contributed by atoms with E-state index in [1.54, 1.807) is 4.90 Å². The van der Waals surface area contributed by atoms with Gasteiger partial charge in [0.15, 0.2) is 6.61 Å². The molecule has 1 fully saturated rings. The van der Waals surface area contributed by atoms with Crippen LogP contribution < -0.4 is 4.74 Å². The predicted molar refractivity (Wildman–Crippen MR) is 81.1 cm³/mol. The lowest BCUT2D eigenvalue weighted by Crippen LogP contribution is -2.43. The molecule has 0 spiro atoms. The van der Waals surface area contributed by atoms with Crippen LogP contribution in [0.1, 0.15) is 25.3 Å². The molecule has 0 aliphatic carbocycles. The fourth-order valence-electron chi connectivity index (χ4n) is 2.15. The van der Waals surface area contributed by atoms with Crippen LogP contribution in [0, 0.1) is 0 Å². The van der Waals surface area contributed by atoms with E-state index >= 15 is 0 Å². The third kappa shape index (κ3) is 3.96. The summed E-state index contributed by atoms with van der Waals surface area (Å²) in [6.07, 6.45) is 0. The molecule has 4 nitrogen and oxygen atoms in total. The molecule has 1 saturated heterocycles. The fourth-order valence-corrected chi connectivity index (χ4v) is 2.52. The molecule has 0 atom stereocenters. The van der Waals surface area contributed by atoms with Crippen molar-refractivity contribution >= 4 is 21.8 Å². The van der Waals surface area contributed by atoms with Gasteiger partial charge < -0.3 is 14.4 Å². The highest BCUT2D eigenvalue weighted by molar-refractivity contribution is 9.10. The highest BCUT2D eigenvalue weighted by atomic mass is 79.9. The molecule has 1 amide bonds. The normalized spacial score (nSPS) is 15.5. The van der Waals surface area contributed by atoms with Crippen LogP contribution in [-0.4, -0.2) is 43.7 Å². The molecule has 20 heavy (non-hydrogen) atoms. The van der Waals surface area contributed by atoms with E-state index in [0.29, 0.717) is 32.2 Å². The second-order valence-corrected chi connectivity index (χ2v) is 6.03. The molecular weight excluding hydrogens is 322 g/mol. The highest BCUT2D eigenvalue weighted by Crippen LogP contribution is 2.29. The molecule has 1 aliphatic rings. The molecule has 110 valence electrons. The first-order chi connectivity index (χ1) is 9.58. The van der Waals surface area contributed by atoms with Crippen LogP contribution in [0.4, 0.5) is 0 Å². The summed E-state index contributed by atoms with van der Waals surface area (Å²) in [5.74, 6) is 1.15. The quantitative estimate of drug-likeness (QED) is 0.845. The van der Waals surface area contributed by atoms with E-state index < -0.39 is 0 Å². The molecule has 1 aromatic rings. The Morgan fingerprint density at radius 3 is 2.75 bits per heavy atom. The molecule has 5 heteroatoms. The Hall–Kier alpha value is -1.07. The van der Waals surface area contributed by atoms with Crippen molar-refractivity contribution in [2.75, 3.05) is 32.9 Å². The third-order valence-corrected chi connectivity index (χ3v) is 3.80. The molecule has 0 aromatic heterocycles. The Morgan fingerprint density at radius 1 is 1.40 bits per heavy atom. The number of benzene rings is 1. The number of hydrogen-bond donors (Lipinski definition) is 0. The van der Waals surface area contributed by atoms with E-state index in [1.807, 2.05) is 18.2 Å². The van der Waals surface area contributed by atoms with Crippen molar-refractivity contribution in [2.45, 2.75) is 19.8 Å². The van der Waals surface area contributed by atoms with Gasteiger partial charge in [0.1, 0.15) is 5.75 Å². The van der Waals surface area contributed by atoms with Crippen molar-refractivity contribution in [2.24, 2.45) is 0 Å². The van der Waals surface area contributed by atoms with Gasteiger partial charge in [-0.1, -0.05) is 29.8 Å². The van der Waals surface area contributed by atoms with E-state index in [1.165, 1.54) is 0 Å². The molecule has 0 N–H and O–H groups in total. The van der Waals surface area contributed by atoms with Crippen molar-refractivity contribution in [1.82, 2.24) is 4.90 Å². The molecular formula is C15H20BrNO3. The fraction of sp³-hybridized carbons (Fsp3) is 0.533. The number of carbonyl (C=O) groups excluding carboxylic acids is 1. The van der Waals surface area contributed by atoms with Gasteiger partial charge in [0.2, 0.25) is 0 Å². The Labute approximate surface area is 128 Å². The van der Waals surface area contributed by atoms with Gasteiger partial charge in [0.05, 0.1) is 13.2 Å². The average Bonchev–Trinajstić information content (AvgIpc) is 2.46. The first-order valence-corrected chi connectivity index (χ1v) is 7.65. The van der Waals surface area contributed by atoms with Gasteiger partial charge in [-0.3, -0.25) is 4.79 Å². The summed E-state index contributed by atoms with van der Waals surface area (Å²) in [5.41, 5.74) is 1.11. The summed E-state index contributed by atoms with van der Waals surface area (Å²) in [6.45, 7) is 6.83. The molecule has 2 rings (SSSR count). The first kappa shape index (κ1) is 15.3. The molecule has 1 aliphatic heterocycles. The van der Waals surface area contributed by atoms with Crippen LogP contribution in [-0.2, 0) is 9.53 Å². The minimum absolute atomic E-state index is 0.0194. The van der Waals surface area contributed by atoms with E-state index in [9.17, 15) is 4.79 Å². The van der Waals surface area contributed by atoms with Crippen molar-refractivity contribution in [3.05, 3.63) is 28.2 Å². The zero-order valence-corrected chi connectivity index (χ0v) is 13.5. The zero-order chi connectivity index (χ0) is 14.5.